The van der Waals surface area contributed by atoms with E-state index in [9.17, 15) is 39.5 Å². The lowest BCUT2D eigenvalue weighted by molar-refractivity contribution is -0.138. The smallest absolute Gasteiger partial charge is 0.370 e. The van der Waals surface area contributed by atoms with Gasteiger partial charge in [-0.15, -0.1) is 0 Å². The van der Waals surface area contributed by atoms with E-state index in [-0.39, 0.29) is 76.2 Å². The van der Waals surface area contributed by atoms with Crippen LogP contribution in [0.4, 0.5) is 86.1 Å². The number of hydrogen-bond donors (Lipinski definition) is 10. The van der Waals surface area contributed by atoms with Gasteiger partial charge in [0, 0.05) is 143 Å². The minimum Gasteiger partial charge on any atom is -0.370 e. The molecule has 0 aliphatic rings. The molecule has 620 valence electrons. The Kier molecular flexibility index (Phi) is 31.1. The van der Waals surface area contributed by atoms with E-state index in [1.54, 1.807) is 85.2 Å². The zero-order valence-corrected chi connectivity index (χ0v) is 68.2. The summed E-state index contributed by atoms with van der Waals surface area (Å²) in [5.74, 6) is 2.86. The van der Waals surface area contributed by atoms with Crippen LogP contribution < -0.4 is 42.5 Å². The number of nitrogens with one attached hydrogen (secondary N) is 10. The van der Waals surface area contributed by atoms with E-state index in [1.807, 2.05) is 72.8 Å². The predicted octanol–water partition coefficient (Wildman–Crippen LogP) is 22.1. The van der Waals surface area contributed by atoms with Crippen molar-refractivity contribution in [1.29, 1.82) is 10.5 Å². The molecule has 0 aliphatic heterocycles. The number of rotatable bonds is 26. The molecular weight excluding hydrogens is 1750 g/mol. The number of halogens is 17. The molecule has 0 aliphatic carbocycles. The molecule has 41 heteroatoms. The van der Waals surface area contributed by atoms with Crippen LogP contribution in [0.3, 0.4) is 0 Å². The molecule has 0 atom stereocenters. The highest BCUT2D eigenvalue weighted by atomic mass is 35.5. The van der Waals surface area contributed by atoms with Crippen molar-refractivity contribution in [2.45, 2.75) is 24.9 Å². The van der Waals surface area contributed by atoms with Crippen LogP contribution in [-0.2, 0) is 18.5 Å². The first kappa shape index (κ1) is 89.5. The highest BCUT2D eigenvalue weighted by molar-refractivity contribution is 6.38. The van der Waals surface area contributed by atoms with E-state index in [2.05, 4.69) is 114 Å². The number of nitriles is 2. The monoisotopic (exact) mass is 1810 g/mol. The van der Waals surface area contributed by atoms with Gasteiger partial charge in [0.25, 0.3) is 0 Å². The first-order chi connectivity index (χ1) is 58.1. The summed E-state index contributed by atoms with van der Waals surface area (Å²) in [6, 6.07) is 50.8. The van der Waals surface area contributed by atoms with Crippen LogP contribution in [0.15, 0.2) is 201 Å². The van der Waals surface area contributed by atoms with Gasteiger partial charge in [-0.25, -0.2) is 49.8 Å². The Balaban J connectivity index is 0.000000158. The van der Waals surface area contributed by atoms with E-state index in [4.69, 9.17) is 108 Å². The molecule has 0 saturated carbocycles. The lowest BCUT2D eigenvalue weighted by Crippen LogP contribution is -2.19. The molecule has 0 fully saturated rings. The van der Waals surface area contributed by atoms with Crippen molar-refractivity contribution >= 4 is 150 Å². The number of alkyl halides is 9. The van der Waals surface area contributed by atoms with Gasteiger partial charge in [0.15, 0.2) is 29.1 Å². The summed E-state index contributed by atoms with van der Waals surface area (Å²) in [5, 5.41) is 58.7. The second-order valence-electron chi connectivity index (χ2n) is 25.1. The summed E-state index contributed by atoms with van der Waals surface area (Å²) in [4.78, 5) is 41.2. The maximum absolute atomic E-state index is 13.4. The first-order valence-electron chi connectivity index (χ1n) is 35.7. The minimum atomic E-state index is -4.63. The molecule has 121 heavy (non-hydrogen) atoms. The van der Waals surface area contributed by atoms with Gasteiger partial charge >= 0.3 is 18.5 Å². The Labute approximate surface area is 723 Å². The number of fused-ring (bicyclic) bond motifs is 1. The van der Waals surface area contributed by atoms with Crippen LogP contribution in [0.2, 0.25) is 40.2 Å². The van der Waals surface area contributed by atoms with Crippen LogP contribution in [0.25, 0.3) is 67.7 Å². The summed E-state index contributed by atoms with van der Waals surface area (Å²) in [6.45, 7) is 2.81. The maximum Gasteiger partial charge on any atom is 0.421 e. The Morgan fingerprint density at radius 3 is 1.15 bits per heavy atom. The first-order valence-corrected chi connectivity index (χ1v) is 38.7. The molecule has 8 aromatic heterocycles. The van der Waals surface area contributed by atoms with Crippen molar-refractivity contribution in [1.82, 2.24) is 70.2 Å². The zero-order chi connectivity index (χ0) is 86.2. The average Bonchev–Trinajstić information content (AvgIpc) is 1.79. The number of aromatic amines is 2. The van der Waals surface area contributed by atoms with Gasteiger partial charge in [0.1, 0.15) is 69.6 Å². The number of aromatic nitrogens is 14. The molecule has 24 nitrogen and oxygen atoms in total. The van der Waals surface area contributed by atoms with Gasteiger partial charge in [0.05, 0.1) is 48.6 Å². The molecule has 8 heterocycles. The van der Waals surface area contributed by atoms with Crippen molar-refractivity contribution in [2.75, 3.05) is 94.9 Å². The predicted molar refractivity (Wildman–Crippen MR) is 456 cm³/mol. The topological polar surface area (TPSA) is 330 Å². The lowest BCUT2D eigenvalue weighted by atomic mass is 10.1. The van der Waals surface area contributed by atoms with Gasteiger partial charge in [-0.2, -0.15) is 60.2 Å². The number of nitrogens with zero attached hydrogens (tertiary/aromatic N) is 14. The fraction of sp³-hybridized carbons (Fsp3) is 0.150. The van der Waals surface area contributed by atoms with Gasteiger partial charge in [0.2, 0.25) is 0 Å². The number of hydrogen-bond acceptors (Lipinski definition) is 22. The summed E-state index contributed by atoms with van der Waals surface area (Å²) in [6.07, 6.45) is -6.31. The minimum absolute atomic E-state index is 0.0360. The fourth-order valence-corrected chi connectivity index (χ4v) is 12.8. The van der Waals surface area contributed by atoms with E-state index >= 15 is 0 Å². The van der Waals surface area contributed by atoms with Crippen LogP contribution in [0.1, 0.15) is 34.2 Å². The van der Waals surface area contributed by atoms with Crippen molar-refractivity contribution in [3.05, 3.63) is 269 Å². The molecule has 14 aromatic rings. The maximum atomic E-state index is 13.4. The number of H-pyrrole nitrogens is 2. The highest BCUT2D eigenvalue weighted by Crippen LogP contribution is 2.40. The molecular formula is C80H61Cl8F9N24. The number of para-hydroxylation sites is 1. The molecule has 14 rings (SSSR count). The van der Waals surface area contributed by atoms with Gasteiger partial charge in [-0.1, -0.05) is 135 Å². The molecule has 6 aromatic carbocycles. The van der Waals surface area contributed by atoms with Crippen LogP contribution in [0.5, 0.6) is 0 Å². The van der Waals surface area contributed by atoms with E-state index in [1.165, 1.54) is 30.5 Å². The summed E-state index contributed by atoms with van der Waals surface area (Å²) in [5.41, 5.74) is 2.51. The third kappa shape index (κ3) is 25.6. The largest absolute Gasteiger partial charge is 0.421 e. The third-order valence-electron chi connectivity index (χ3n) is 16.7. The van der Waals surface area contributed by atoms with E-state index < -0.39 is 35.2 Å². The Hall–Kier alpha value is -12.3. The van der Waals surface area contributed by atoms with Crippen LogP contribution >= 0.6 is 92.8 Å². The summed E-state index contributed by atoms with van der Waals surface area (Å²) >= 11 is 48.4. The van der Waals surface area contributed by atoms with E-state index in [0.29, 0.717) is 108 Å². The number of anilines is 8. The van der Waals surface area contributed by atoms with E-state index in [0.717, 1.165) is 58.9 Å². The second-order valence-corrected chi connectivity index (χ2v) is 28.5. The summed E-state index contributed by atoms with van der Waals surface area (Å²) in [7, 11) is 0. The van der Waals surface area contributed by atoms with Crippen LogP contribution in [0, 0.1) is 22.7 Å². The average molecular weight is 1810 g/mol. The Bertz CT molecular complexity index is 5930. The molecule has 0 spiro atoms. The molecule has 0 saturated heterocycles. The molecule has 10 N–H and O–H groups in total. The lowest BCUT2D eigenvalue weighted by Gasteiger charge is -2.15. The molecule has 0 bridgehead atoms. The zero-order valence-electron chi connectivity index (χ0n) is 62.1. The number of benzene rings is 6. The Morgan fingerprint density at radius 2 is 0.744 bits per heavy atom. The van der Waals surface area contributed by atoms with Gasteiger partial charge in [-0.3, -0.25) is 10.2 Å². The van der Waals surface area contributed by atoms with Crippen LogP contribution in [-0.4, -0.2) is 123 Å². The fourth-order valence-electron chi connectivity index (χ4n) is 10.9. The molecule has 0 radical (unpaired) electrons. The van der Waals surface area contributed by atoms with Gasteiger partial charge < -0.3 is 42.5 Å². The van der Waals surface area contributed by atoms with Gasteiger partial charge in [-0.05, 0) is 122 Å². The third-order valence-corrected chi connectivity index (χ3v) is 18.8. The van der Waals surface area contributed by atoms with Crippen molar-refractivity contribution in [3.63, 3.8) is 0 Å². The number of pyridine rings is 2. The quantitative estimate of drug-likeness (QED) is 0.0178. The normalized spacial score (nSPS) is 11.1. The standard InChI is InChI=1S/C25H20Cl2N6.C20H15Cl2F3N6.C19H13Cl2F3N6.C16H13Cl2F3N6/c26-19-8-9-20(21(27)13-19)25-32-22(18-5-2-1-3-6-18)14-24(33-25)30-12-4-11-29-23-10-7-17(15-28)16-31-23;21-11-5-6-12(15(22)9-11)17-28-10-14(20(23,24)25)19(29-17)27-8-7-26-18-13-3-1-2-4-16(13)30-31-18;20-12-2-3-13(15(21)7-12)17-29-10-14(19(22,23)24)18(30-17)27-6-5-26-16-4-1-11(8-25)9-28-16;17-9-1-2-10(12(18)7-9)14-24-8-11(16(19,20)21)15(26-14)23-6-5-22-13-3-4-25-27-13/h1-3,5-10,13-14,16H,4,11-12H2,(H,29,31)(H,30,32,33);1-6,9-10H,7-8H2,(H2,26,30,31)(H,27,28,29);1-4,7,9-10H,5-6H2,(H,26,28)(H,27,29,30);1-4,7-8H,5-6H2,(H2,22,25,27)(H,23,24,26). The summed E-state index contributed by atoms with van der Waals surface area (Å²) < 4.78 is 120. The second kappa shape index (κ2) is 42.1. The highest BCUT2D eigenvalue weighted by Gasteiger charge is 2.38. The Morgan fingerprint density at radius 1 is 0.347 bits per heavy atom. The molecule has 0 unspecified atom stereocenters. The molecule has 0 amide bonds. The SMILES string of the molecule is FC(F)(F)c1cnc(-c2ccc(Cl)cc2Cl)nc1NCCNc1ccn[nH]1.FC(F)(F)c1cnc(-c2ccc(Cl)cc2Cl)nc1NCCNc1n[nH]c2ccccc12.N#Cc1ccc(NCCCNc2cc(-c3ccccc3)nc(-c3ccc(Cl)cc3Cl)n2)nc1.N#Cc1ccc(NCCNc2nc(-c3ccc(Cl)cc3Cl)ncc2C(F)(F)F)nc1. The van der Waals surface area contributed by atoms with Crippen molar-refractivity contribution in [3.8, 4) is 68.9 Å². The van der Waals surface area contributed by atoms with Crippen molar-refractivity contribution in [2.24, 2.45) is 0 Å². The van der Waals surface area contributed by atoms with Crippen molar-refractivity contribution < 1.29 is 39.5 Å².